The van der Waals surface area contributed by atoms with Crippen LogP contribution in [0.15, 0.2) is 0 Å². The highest BCUT2D eigenvalue weighted by Gasteiger charge is 2.37. The topological polar surface area (TPSA) is 32.5 Å². The fourth-order valence-electron chi connectivity index (χ4n) is 2.89. The van der Waals surface area contributed by atoms with Gasteiger partial charge in [0.15, 0.2) is 0 Å². The summed E-state index contributed by atoms with van der Waals surface area (Å²) in [5, 5.41) is 0. The minimum absolute atomic E-state index is 0.349. The molecule has 102 valence electrons. The average molecular weight is 241 g/mol. The first kappa shape index (κ1) is 14.9. The van der Waals surface area contributed by atoms with Crippen molar-refractivity contribution in [3.8, 4) is 0 Å². The van der Waals surface area contributed by atoms with E-state index in [0.29, 0.717) is 11.5 Å². The molecule has 1 fully saturated rings. The van der Waals surface area contributed by atoms with Crippen molar-refractivity contribution >= 4 is 0 Å². The van der Waals surface area contributed by atoms with Gasteiger partial charge in [0.05, 0.1) is 0 Å². The second-order valence-electron chi connectivity index (χ2n) is 6.23. The van der Waals surface area contributed by atoms with E-state index in [1.54, 1.807) is 0 Å². The summed E-state index contributed by atoms with van der Waals surface area (Å²) in [7, 11) is 4.29. The van der Waals surface area contributed by atoms with Gasteiger partial charge in [-0.2, -0.15) is 0 Å². The van der Waals surface area contributed by atoms with Gasteiger partial charge in [-0.3, -0.25) is 0 Å². The van der Waals surface area contributed by atoms with Crippen molar-refractivity contribution in [2.75, 3.05) is 40.3 Å². The molecular weight excluding hydrogens is 210 g/mol. The van der Waals surface area contributed by atoms with E-state index in [9.17, 15) is 0 Å². The van der Waals surface area contributed by atoms with Gasteiger partial charge in [0.1, 0.15) is 0 Å². The Hall–Kier alpha value is -0.120. The van der Waals surface area contributed by atoms with Crippen LogP contribution in [0.1, 0.15) is 39.5 Å². The third-order valence-corrected chi connectivity index (χ3v) is 4.15. The number of nitrogens with two attached hydrogens (primary N) is 1. The van der Waals surface area contributed by atoms with Gasteiger partial charge in [0.25, 0.3) is 0 Å². The highest BCUT2D eigenvalue weighted by molar-refractivity contribution is 4.93. The Morgan fingerprint density at radius 1 is 1.24 bits per heavy atom. The highest BCUT2D eigenvalue weighted by Crippen LogP contribution is 2.37. The van der Waals surface area contributed by atoms with E-state index in [2.05, 4.69) is 37.7 Å². The van der Waals surface area contributed by atoms with E-state index >= 15 is 0 Å². The predicted molar refractivity (Wildman–Crippen MR) is 75.2 cm³/mol. The quantitative estimate of drug-likeness (QED) is 0.737. The molecule has 0 heterocycles. The molecule has 0 aromatic heterocycles. The van der Waals surface area contributed by atoms with Gasteiger partial charge in [-0.1, -0.05) is 20.3 Å². The first-order chi connectivity index (χ1) is 7.98. The molecule has 1 saturated carbocycles. The fourth-order valence-corrected chi connectivity index (χ4v) is 2.89. The summed E-state index contributed by atoms with van der Waals surface area (Å²) >= 11 is 0. The molecule has 2 N–H and O–H groups in total. The molecule has 0 aliphatic heterocycles. The van der Waals surface area contributed by atoms with Crippen LogP contribution in [-0.4, -0.2) is 56.1 Å². The minimum atomic E-state index is 0.349. The van der Waals surface area contributed by atoms with E-state index < -0.39 is 0 Å². The molecule has 17 heavy (non-hydrogen) atoms. The second-order valence-corrected chi connectivity index (χ2v) is 6.23. The van der Waals surface area contributed by atoms with Gasteiger partial charge in [-0.25, -0.2) is 0 Å². The summed E-state index contributed by atoms with van der Waals surface area (Å²) in [5.41, 5.74) is 6.63. The number of nitrogens with zero attached hydrogens (tertiary/aromatic N) is 2. The summed E-state index contributed by atoms with van der Waals surface area (Å²) < 4.78 is 0. The molecular formula is C14H31N3. The molecule has 0 aromatic rings. The first-order valence-electron chi connectivity index (χ1n) is 7.10. The van der Waals surface area contributed by atoms with Crippen LogP contribution < -0.4 is 5.73 Å². The van der Waals surface area contributed by atoms with Gasteiger partial charge in [-0.15, -0.1) is 0 Å². The SMILES string of the molecule is CCCN(CCN(C)C)CC1(C)CCCC1N. The Labute approximate surface area is 107 Å². The Balaban J connectivity index is 2.47. The Morgan fingerprint density at radius 2 is 1.94 bits per heavy atom. The molecule has 0 bridgehead atoms. The van der Waals surface area contributed by atoms with Gasteiger partial charge in [-0.05, 0) is 45.3 Å². The Morgan fingerprint density at radius 3 is 2.41 bits per heavy atom. The molecule has 1 rings (SSSR count). The van der Waals surface area contributed by atoms with E-state index in [1.807, 2.05) is 0 Å². The standard InChI is InChI=1S/C14H31N3/c1-5-9-17(11-10-16(3)4)12-14(2)8-6-7-13(14)15/h13H,5-12,15H2,1-4H3. The zero-order valence-corrected chi connectivity index (χ0v) is 12.2. The van der Waals surface area contributed by atoms with Crippen molar-refractivity contribution in [2.45, 2.75) is 45.6 Å². The summed E-state index contributed by atoms with van der Waals surface area (Å²) in [5.74, 6) is 0. The Kier molecular flexibility index (Phi) is 5.90. The van der Waals surface area contributed by atoms with Crippen LogP contribution in [0.25, 0.3) is 0 Å². The zero-order valence-electron chi connectivity index (χ0n) is 12.2. The lowest BCUT2D eigenvalue weighted by atomic mass is 9.84. The highest BCUT2D eigenvalue weighted by atomic mass is 15.2. The molecule has 3 nitrogen and oxygen atoms in total. The largest absolute Gasteiger partial charge is 0.327 e. The molecule has 3 heteroatoms. The molecule has 0 radical (unpaired) electrons. The maximum absolute atomic E-state index is 6.28. The van der Waals surface area contributed by atoms with E-state index in [1.165, 1.54) is 45.3 Å². The van der Waals surface area contributed by atoms with Crippen molar-refractivity contribution in [3.05, 3.63) is 0 Å². The van der Waals surface area contributed by atoms with Crippen LogP contribution >= 0.6 is 0 Å². The molecule has 0 saturated heterocycles. The predicted octanol–water partition coefficient (Wildman–Crippen LogP) is 1.78. The Bertz CT molecular complexity index is 218. The summed E-state index contributed by atoms with van der Waals surface area (Å²) in [4.78, 5) is 4.87. The monoisotopic (exact) mass is 241 g/mol. The van der Waals surface area contributed by atoms with Crippen LogP contribution in [-0.2, 0) is 0 Å². The third kappa shape index (κ3) is 4.57. The van der Waals surface area contributed by atoms with Crippen molar-refractivity contribution in [3.63, 3.8) is 0 Å². The smallest absolute Gasteiger partial charge is 0.0109 e. The number of rotatable bonds is 7. The van der Waals surface area contributed by atoms with E-state index in [-0.39, 0.29) is 0 Å². The van der Waals surface area contributed by atoms with Gasteiger partial charge in [0.2, 0.25) is 0 Å². The molecule has 2 atom stereocenters. The normalized spacial score (nSPS) is 29.5. The van der Waals surface area contributed by atoms with E-state index in [4.69, 9.17) is 5.73 Å². The number of hydrogen-bond donors (Lipinski definition) is 1. The van der Waals surface area contributed by atoms with Crippen molar-refractivity contribution in [1.82, 2.24) is 9.80 Å². The zero-order chi connectivity index (χ0) is 12.9. The second kappa shape index (κ2) is 6.72. The first-order valence-corrected chi connectivity index (χ1v) is 7.10. The maximum Gasteiger partial charge on any atom is 0.0109 e. The lowest BCUT2D eigenvalue weighted by Gasteiger charge is -2.36. The molecule has 0 amide bonds. The lowest BCUT2D eigenvalue weighted by molar-refractivity contribution is 0.143. The van der Waals surface area contributed by atoms with E-state index in [0.717, 1.165) is 6.54 Å². The average Bonchev–Trinajstić information content (AvgIpc) is 2.56. The number of likely N-dealkylation sites (N-methyl/N-ethyl adjacent to an activating group) is 1. The molecule has 2 unspecified atom stereocenters. The van der Waals surface area contributed by atoms with Crippen molar-refractivity contribution in [1.29, 1.82) is 0 Å². The fraction of sp³-hybridized carbons (Fsp3) is 1.00. The number of hydrogen-bond acceptors (Lipinski definition) is 3. The molecule has 1 aliphatic rings. The van der Waals surface area contributed by atoms with Crippen LogP contribution in [0.4, 0.5) is 0 Å². The van der Waals surface area contributed by atoms with Crippen LogP contribution in [0, 0.1) is 5.41 Å². The van der Waals surface area contributed by atoms with Crippen LogP contribution in [0.5, 0.6) is 0 Å². The van der Waals surface area contributed by atoms with Gasteiger partial charge in [0, 0.05) is 25.7 Å². The summed E-state index contributed by atoms with van der Waals surface area (Å²) in [6.45, 7) is 9.34. The molecule has 0 aromatic carbocycles. The van der Waals surface area contributed by atoms with Crippen molar-refractivity contribution < 1.29 is 0 Å². The maximum atomic E-state index is 6.28. The lowest BCUT2D eigenvalue weighted by Crippen LogP contribution is -2.46. The van der Waals surface area contributed by atoms with Crippen LogP contribution in [0.2, 0.25) is 0 Å². The summed E-state index contributed by atoms with van der Waals surface area (Å²) in [6, 6.07) is 0.404. The van der Waals surface area contributed by atoms with Gasteiger partial charge < -0.3 is 15.5 Å². The van der Waals surface area contributed by atoms with Gasteiger partial charge >= 0.3 is 0 Å². The van der Waals surface area contributed by atoms with Crippen LogP contribution in [0.3, 0.4) is 0 Å². The minimum Gasteiger partial charge on any atom is -0.327 e. The third-order valence-electron chi connectivity index (χ3n) is 4.15. The van der Waals surface area contributed by atoms with Crippen molar-refractivity contribution in [2.24, 2.45) is 11.1 Å². The molecule has 0 spiro atoms. The molecule has 1 aliphatic carbocycles. The summed E-state index contributed by atoms with van der Waals surface area (Å²) in [6.07, 6.45) is 5.06.